The number of fused-ring (bicyclic) bond motifs is 2. The van der Waals surface area contributed by atoms with Crippen molar-refractivity contribution in [2.24, 2.45) is 0 Å². The molecule has 1 aliphatic rings. The number of aromatic nitrogens is 3. The number of carbonyl (C=O) groups is 2. The Labute approximate surface area is 195 Å². The first kappa shape index (κ1) is 21.4. The molecule has 1 N–H and O–H groups in total. The largest absolute Gasteiger partial charge is 0.497 e. The van der Waals surface area contributed by atoms with E-state index in [2.05, 4.69) is 15.3 Å². The van der Waals surface area contributed by atoms with Gasteiger partial charge in [0.2, 0.25) is 0 Å². The standard InChI is InChI=1S/C25H23N5O4/c1-33-19-6-3-16(4-7-19)14-30-22(13-27-25(32)34-2)21-11-18(5-8-20(21)24(30)31)29-10-9-17-12-26-15-28-23(17)29/h3-12,15,22H,13-14H2,1-2H3,(H,27,32). The minimum absolute atomic E-state index is 0.0891. The summed E-state index contributed by atoms with van der Waals surface area (Å²) in [5.41, 5.74) is 4.05. The van der Waals surface area contributed by atoms with Gasteiger partial charge in [-0.3, -0.25) is 4.79 Å². The highest BCUT2D eigenvalue weighted by atomic mass is 16.5. The van der Waals surface area contributed by atoms with Crippen LogP contribution in [0, 0.1) is 0 Å². The van der Waals surface area contributed by atoms with Crippen molar-refractivity contribution < 1.29 is 19.1 Å². The lowest BCUT2D eigenvalue weighted by molar-refractivity contribution is 0.0705. The first-order valence-electron chi connectivity index (χ1n) is 10.8. The fourth-order valence-electron chi connectivity index (χ4n) is 4.30. The highest BCUT2D eigenvalue weighted by molar-refractivity contribution is 5.99. The van der Waals surface area contributed by atoms with Crippen molar-refractivity contribution in [3.05, 3.63) is 83.9 Å². The quantitative estimate of drug-likeness (QED) is 0.476. The van der Waals surface area contributed by atoms with Gasteiger partial charge in [0.05, 0.1) is 20.3 Å². The molecule has 9 nitrogen and oxygen atoms in total. The third-order valence-corrected chi connectivity index (χ3v) is 6.03. The highest BCUT2D eigenvalue weighted by Gasteiger charge is 2.37. The van der Waals surface area contributed by atoms with Crippen LogP contribution in [0.3, 0.4) is 0 Å². The van der Waals surface area contributed by atoms with E-state index in [1.165, 1.54) is 13.4 Å². The third kappa shape index (κ3) is 3.81. The zero-order chi connectivity index (χ0) is 23.7. The van der Waals surface area contributed by atoms with Crippen LogP contribution in [0.1, 0.15) is 27.5 Å². The average Bonchev–Trinajstić information content (AvgIpc) is 3.42. The molecule has 0 bridgehead atoms. The van der Waals surface area contributed by atoms with E-state index in [-0.39, 0.29) is 18.5 Å². The van der Waals surface area contributed by atoms with Crippen LogP contribution in [0.15, 0.2) is 67.3 Å². The Morgan fingerprint density at radius 2 is 1.94 bits per heavy atom. The van der Waals surface area contributed by atoms with Gasteiger partial charge in [-0.05, 0) is 47.5 Å². The lowest BCUT2D eigenvalue weighted by atomic mass is 10.0. The zero-order valence-corrected chi connectivity index (χ0v) is 18.8. The first-order valence-corrected chi connectivity index (χ1v) is 10.8. The fraction of sp³-hybridized carbons (Fsp3) is 0.200. The zero-order valence-electron chi connectivity index (χ0n) is 18.8. The SMILES string of the molecule is COC(=O)NCC1c2cc(-n3ccc4cncnc43)ccc2C(=O)N1Cc1ccc(OC)cc1. The molecular weight excluding hydrogens is 434 g/mol. The maximum atomic E-state index is 13.4. The molecule has 0 spiro atoms. The molecule has 3 heterocycles. The number of nitrogens with zero attached hydrogens (tertiary/aromatic N) is 4. The topological polar surface area (TPSA) is 98.6 Å². The molecule has 2 aromatic carbocycles. The van der Waals surface area contributed by atoms with E-state index >= 15 is 0 Å². The summed E-state index contributed by atoms with van der Waals surface area (Å²) >= 11 is 0. The summed E-state index contributed by atoms with van der Waals surface area (Å²) in [4.78, 5) is 35.4. The van der Waals surface area contributed by atoms with Gasteiger partial charge in [-0.1, -0.05) is 12.1 Å². The molecule has 1 unspecified atom stereocenters. The number of rotatable bonds is 6. The highest BCUT2D eigenvalue weighted by Crippen LogP contribution is 2.36. The molecular formula is C25H23N5O4. The van der Waals surface area contributed by atoms with E-state index < -0.39 is 6.09 Å². The molecule has 0 fully saturated rings. The second kappa shape index (κ2) is 8.86. The van der Waals surface area contributed by atoms with Crippen LogP contribution in [0.4, 0.5) is 4.79 Å². The molecule has 0 radical (unpaired) electrons. The summed E-state index contributed by atoms with van der Waals surface area (Å²) in [5, 5.41) is 3.67. The smallest absolute Gasteiger partial charge is 0.406 e. The van der Waals surface area contributed by atoms with Crippen molar-refractivity contribution in [3.8, 4) is 11.4 Å². The molecule has 9 heteroatoms. The number of benzene rings is 2. The van der Waals surface area contributed by atoms with Crippen LogP contribution in [0.5, 0.6) is 5.75 Å². The van der Waals surface area contributed by atoms with Gasteiger partial charge >= 0.3 is 6.09 Å². The van der Waals surface area contributed by atoms with Gasteiger partial charge in [-0.15, -0.1) is 0 Å². The van der Waals surface area contributed by atoms with Crippen molar-refractivity contribution in [1.29, 1.82) is 0 Å². The van der Waals surface area contributed by atoms with Gasteiger partial charge in [0.15, 0.2) is 0 Å². The Bertz CT molecular complexity index is 1370. The second-order valence-electron chi connectivity index (χ2n) is 7.93. The van der Waals surface area contributed by atoms with Crippen molar-refractivity contribution >= 4 is 23.0 Å². The van der Waals surface area contributed by atoms with E-state index in [1.807, 2.05) is 59.3 Å². The predicted molar refractivity (Wildman–Crippen MR) is 125 cm³/mol. The number of hydrogen-bond acceptors (Lipinski definition) is 6. The normalized spacial score (nSPS) is 14.8. The molecule has 0 saturated heterocycles. The molecule has 0 saturated carbocycles. The van der Waals surface area contributed by atoms with Gasteiger partial charge in [0, 0.05) is 42.1 Å². The van der Waals surface area contributed by atoms with Gasteiger partial charge in [-0.2, -0.15) is 0 Å². The minimum Gasteiger partial charge on any atom is -0.497 e. The summed E-state index contributed by atoms with van der Waals surface area (Å²) < 4.78 is 11.9. The predicted octanol–water partition coefficient (Wildman–Crippen LogP) is 3.48. The van der Waals surface area contributed by atoms with Gasteiger partial charge in [-0.25, -0.2) is 14.8 Å². The Morgan fingerprint density at radius 3 is 2.71 bits per heavy atom. The molecule has 0 aliphatic carbocycles. The monoisotopic (exact) mass is 457 g/mol. The van der Waals surface area contributed by atoms with Crippen LogP contribution in [-0.2, 0) is 11.3 Å². The van der Waals surface area contributed by atoms with Crippen molar-refractivity contribution in [2.75, 3.05) is 20.8 Å². The van der Waals surface area contributed by atoms with E-state index in [1.54, 1.807) is 18.2 Å². The van der Waals surface area contributed by atoms with E-state index in [4.69, 9.17) is 9.47 Å². The van der Waals surface area contributed by atoms with Crippen LogP contribution in [0.25, 0.3) is 16.7 Å². The molecule has 5 rings (SSSR count). The van der Waals surface area contributed by atoms with Crippen LogP contribution in [-0.4, -0.2) is 52.2 Å². The van der Waals surface area contributed by atoms with Crippen molar-refractivity contribution in [1.82, 2.24) is 24.8 Å². The number of hydrogen-bond donors (Lipinski definition) is 1. The summed E-state index contributed by atoms with van der Waals surface area (Å²) in [6.45, 7) is 0.611. The Kier molecular flexibility index (Phi) is 5.59. The number of amides is 2. The van der Waals surface area contributed by atoms with E-state index in [0.717, 1.165) is 33.6 Å². The van der Waals surface area contributed by atoms with Gasteiger partial charge in [0.1, 0.15) is 17.7 Å². The molecule has 34 heavy (non-hydrogen) atoms. The lowest BCUT2D eigenvalue weighted by Crippen LogP contribution is -2.36. The number of ether oxygens (including phenoxy) is 2. The Hall–Kier alpha value is -4.40. The van der Waals surface area contributed by atoms with E-state index in [9.17, 15) is 9.59 Å². The van der Waals surface area contributed by atoms with Gasteiger partial charge in [0.25, 0.3) is 5.91 Å². The summed E-state index contributed by atoms with van der Waals surface area (Å²) in [5.74, 6) is 0.657. The average molecular weight is 457 g/mol. The summed E-state index contributed by atoms with van der Waals surface area (Å²) in [6, 6.07) is 14.9. The summed E-state index contributed by atoms with van der Waals surface area (Å²) in [6.07, 6.45) is 4.65. The number of methoxy groups -OCH3 is 2. The minimum atomic E-state index is -0.547. The summed E-state index contributed by atoms with van der Waals surface area (Å²) in [7, 11) is 2.93. The van der Waals surface area contributed by atoms with Crippen molar-refractivity contribution in [2.45, 2.75) is 12.6 Å². The number of carbonyl (C=O) groups excluding carboxylic acids is 2. The number of alkyl carbamates (subject to hydrolysis) is 1. The third-order valence-electron chi connectivity index (χ3n) is 6.03. The second-order valence-corrected chi connectivity index (χ2v) is 7.93. The van der Waals surface area contributed by atoms with Crippen molar-refractivity contribution in [3.63, 3.8) is 0 Å². The van der Waals surface area contributed by atoms with Crippen LogP contribution < -0.4 is 10.1 Å². The lowest BCUT2D eigenvalue weighted by Gasteiger charge is -2.26. The maximum Gasteiger partial charge on any atom is 0.406 e. The van der Waals surface area contributed by atoms with Crippen LogP contribution >= 0.6 is 0 Å². The fourth-order valence-corrected chi connectivity index (χ4v) is 4.30. The molecule has 4 aromatic rings. The maximum absolute atomic E-state index is 13.4. The van der Waals surface area contributed by atoms with E-state index in [0.29, 0.717) is 12.1 Å². The molecule has 1 atom stereocenters. The Morgan fingerprint density at radius 1 is 1.12 bits per heavy atom. The Balaban J connectivity index is 1.52. The van der Waals surface area contributed by atoms with Crippen LogP contribution in [0.2, 0.25) is 0 Å². The van der Waals surface area contributed by atoms with Gasteiger partial charge < -0.3 is 24.3 Å². The molecule has 2 amide bonds. The molecule has 172 valence electrons. The molecule has 2 aromatic heterocycles. The number of nitrogens with one attached hydrogen (secondary N) is 1. The molecule has 1 aliphatic heterocycles. The first-order chi connectivity index (χ1) is 16.6.